The number of aromatic nitrogens is 4. The Kier molecular flexibility index (Phi) is 2.94. The molecule has 3 N–H and O–H groups in total. The lowest BCUT2D eigenvalue weighted by molar-refractivity contribution is 0.454. The number of nitrogens with two attached hydrogens (primary N) is 1. The molecule has 0 saturated heterocycles. The van der Waals surface area contributed by atoms with Gasteiger partial charge in [-0.15, -0.1) is 0 Å². The highest BCUT2D eigenvalue weighted by molar-refractivity contribution is 5.40. The Balaban J connectivity index is 1.88. The highest BCUT2D eigenvalue weighted by atomic mass is 15.6. The van der Waals surface area contributed by atoms with Crippen molar-refractivity contribution in [3.63, 3.8) is 0 Å². The van der Waals surface area contributed by atoms with Gasteiger partial charge in [0, 0.05) is 6.54 Å². The smallest absolute Gasteiger partial charge is 0.248 e. The predicted molar refractivity (Wildman–Crippen MR) is 73.0 cm³/mol. The van der Waals surface area contributed by atoms with Crippen LogP contribution in [0.1, 0.15) is 19.8 Å². The Morgan fingerprint density at radius 1 is 1.37 bits per heavy atom. The number of nitrogens with one attached hydrogen (secondary N) is 1. The van der Waals surface area contributed by atoms with Gasteiger partial charge in [0.15, 0.2) is 0 Å². The van der Waals surface area contributed by atoms with E-state index in [1.807, 2.05) is 30.3 Å². The van der Waals surface area contributed by atoms with Crippen LogP contribution in [0.25, 0.3) is 5.69 Å². The predicted octanol–water partition coefficient (Wildman–Crippen LogP) is 1.20. The summed E-state index contributed by atoms with van der Waals surface area (Å²) in [5.41, 5.74) is 6.71. The Labute approximate surface area is 112 Å². The fraction of sp³-hybridized carbons (Fsp3) is 0.462. The van der Waals surface area contributed by atoms with E-state index in [9.17, 15) is 0 Å². The first-order chi connectivity index (χ1) is 9.23. The molecule has 0 bridgehead atoms. The van der Waals surface area contributed by atoms with E-state index >= 15 is 0 Å². The molecule has 1 aliphatic rings. The van der Waals surface area contributed by atoms with Crippen LogP contribution in [0.2, 0.25) is 0 Å². The minimum absolute atomic E-state index is 0.138. The average Bonchev–Trinajstić information content (AvgIpc) is 3.21. The third-order valence-electron chi connectivity index (χ3n) is 3.77. The van der Waals surface area contributed by atoms with Crippen molar-refractivity contribution in [3.05, 3.63) is 30.3 Å². The first-order valence-electron chi connectivity index (χ1n) is 6.55. The zero-order valence-electron chi connectivity index (χ0n) is 11.0. The summed E-state index contributed by atoms with van der Waals surface area (Å²) in [5, 5.41) is 15.3. The first-order valence-corrected chi connectivity index (χ1v) is 6.55. The molecule has 0 aliphatic heterocycles. The third-order valence-corrected chi connectivity index (χ3v) is 3.77. The summed E-state index contributed by atoms with van der Waals surface area (Å²) in [5.74, 6) is 1.25. The number of nitrogens with zero attached hydrogens (tertiary/aromatic N) is 4. The minimum atomic E-state index is -0.138. The first kappa shape index (κ1) is 12.1. The second-order valence-electron chi connectivity index (χ2n) is 5.27. The van der Waals surface area contributed by atoms with E-state index < -0.39 is 0 Å². The maximum absolute atomic E-state index is 5.91. The summed E-state index contributed by atoms with van der Waals surface area (Å²) in [4.78, 5) is 0. The molecule has 0 radical (unpaired) electrons. The molecule has 1 aromatic carbocycles. The highest BCUT2D eigenvalue weighted by Gasteiger charge is 2.41. The van der Waals surface area contributed by atoms with Gasteiger partial charge in [0.05, 0.1) is 11.2 Å². The third kappa shape index (κ3) is 2.31. The molecule has 19 heavy (non-hydrogen) atoms. The van der Waals surface area contributed by atoms with Crippen molar-refractivity contribution in [1.82, 2.24) is 20.2 Å². The van der Waals surface area contributed by atoms with Crippen LogP contribution in [0.4, 0.5) is 5.95 Å². The molecule has 6 nitrogen and oxygen atoms in total. The van der Waals surface area contributed by atoms with Crippen molar-refractivity contribution >= 4 is 5.95 Å². The second kappa shape index (κ2) is 4.62. The Morgan fingerprint density at radius 3 is 2.74 bits per heavy atom. The molecule has 1 heterocycles. The molecule has 1 aromatic heterocycles. The van der Waals surface area contributed by atoms with Gasteiger partial charge in [0.1, 0.15) is 0 Å². The number of para-hydroxylation sites is 1. The number of anilines is 1. The van der Waals surface area contributed by atoms with E-state index in [2.05, 4.69) is 27.8 Å². The van der Waals surface area contributed by atoms with Gasteiger partial charge in [0.2, 0.25) is 5.95 Å². The van der Waals surface area contributed by atoms with Crippen LogP contribution in [0.3, 0.4) is 0 Å². The quantitative estimate of drug-likeness (QED) is 0.842. The summed E-state index contributed by atoms with van der Waals surface area (Å²) < 4.78 is 1.70. The van der Waals surface area contributed by atoms with Crippen LogP contribution >= 0.6 is 0 Å². The average molecular weight is 258 g/mol. The summed E-state index contributed by atoms with van der Waals surface area (Å²) in [6.07, 6.45) is 2.43. The zero-order valence-corrected chi connectivity index (χ0v) is 11.0. The minimum Gasteiger partial charge on any atom is -0.346 e. The number of rotatable bonds is 5. The lowest BCUT2D eigenvalue weighted by atomic mass is 9.96. The molecule has 1 atom stereocenters. The molecule has 1 saturated carbocycles. The van der Waals surface area contributed by atoms with Crippen LogP contribution in [0.5, 0.6) is 0 Å². The topological polar surface area (TPSA) is 81.7 Å². The Bertz CT molecular complexity index is 547. The van der Waals surface area contributed by atoms with E-state index in [-0.39, 0.29) is 5.54 Å². The number of hydrogen-bond acceptors (Lipinski definition) is 5. The Morgan fingerprint density at radius 2 is 2.11 bits per heavy atom. The summed E-state index contributed by atoms with van der Waals surface area (Å²) in [6.45, 7) is 2.70. The number of hydrogen-bond donors (Lipinski definition) is 2. The highest BCUT2D eigenvalue weighted by Crippen LogP contribution is 2.40. The van der Waals surface area contributed by atoms with E-state index in [1.165, 1.54) is 12.8 Å². The monoisotopic (exact) mass is 258 g/mol. The van der Waals surface area contributed by atoms with Gasteiger partial charge in [-0.1, -0.05) is 23.3 Å². The zero-order chi connectivity index (χ0) is 13.3. The second-order valence-corrected chi connectivity index (χ2v) is 5.27. The molecule has 1 fully saturated rings. The van der Waals surface area contributed by atoms with Gasteiger partial charge in [-0.3, -0.25) is 0 Å². The van der Waals surface area contributed by atoms with Crippen LogP contribution in [-0.4, -0.2) is 32.3 Å². The van der Waals surface area contributed by atoms with Crippen molar-refractivity contribution in [1.29, 1.82) is 0 Å². The van der Waals surface area contributed by atoms with Crippen LogP contribution in [0, 0.1) is 5.92 Å². The van der Waals surface area contributed by atoms with Crippen molar-refractivity contribution in [2.24, 2.45) is 11.7 Å². The maximum atomic E-state index is 5.91. The van der Waals surface area contributed by atoms with Gasteiger partial charge in [0.25, 0.3) is 0 Å². The van der Waals surface area contributed by atoms with Crippen LogP contribution in [0.15, 0.2) is 30.3 Å². The van der Waals surface area contributed by atoms with Gasteiger partial charge >= 0.3 is 0 Å². The molecule has 0 amide bonds. The normalized spacial score (nSPS) is 18.0. The number of benzene rings is 1. The fourth-order valence-electron chi connectivity index (χ4n) is 2.30. The Hall–Kier alpha value is -1.95. The van der Waals surface area contributed by atoms with Gasteiger partial charge < -0.3 is 11.1 Å². The molecule has 0 spiro atoms. The van der Waals surface area contributed by atoms with E-state index in [0.29, 0.717) is 18.4 Å². The largest absolute Gasteiger partial charge is 0.346 e. The molecule has 1 aliphatic carbocycles. The van der Waals surface area contributed by atoms with E-state index in [0.717, 1.165) is 5.69 Å². The molecular weight excluding hydrogens is 240 g/mol. The standard InChI is InChI=1S/C13H18N6/c1-13(9-14,10-7-8-10)15-12-16-17-18-19(12)11-5-3-2-4-6-11/h2-6,10H,7-9,14H2,1H3,(H,15,16,18). The van der Waals surface area contributed by atoms with Crippen molar-refractivity contribution in [2.45, 2.75) is 25.3 Å². The van der Waals surface area contributed by atoms with Crippen LogP contribution in [-0.2, 0) is 0 Å². The van der Waals surface area contributed by atoms with E-state index in [1.54, 1.807) is 4.68 Å². The molecule has 100 valence electrons. The van der Waals surface area contributed by atoms with E-state index in [4.69, 9.17) is 5.73 Å². The molecule has 2 aromatic rings. The summed E-state index contributed by atoms with van der Waals surface area (Å²) in [6, 6.07) is 9.83. The fourth-order valence-corrected chi connectivity index (χ4v) is 2.30. The van der Waals surface area contributed by atoms with Crippen molar-refractivity contribution in [2.75, 3.05) is 11.9 Å². The van der Waals surface area contributed by atoms with Crippen LogP contribution < -0.4 is 11.1 Å². The van der Waals surface area contributed by atoms with Crippen molar-refractivity contribution in [3.8, 4) is 5.69 Å². The maximum Gasteiger partial charge on any atom is 0.248 e. The molecular formula is C13H18N6. The SMILES string of the molecule is CC(CN)(Nc1nnnn1-c1ccccc1)C1CC1. The lowest BCUT2D eigenvalue weighted by Gasteiger charge is -2.29. The molecule has 6 heteroatoms. The van der Waals surface area contributed by atoms with Gasteiger partial charge in [-0.05, 0) is 48.2 Å². The van der Waals surface area contributed by atoms with Gasteiger partial charge in [-0.2, -0.15) is 4.68 Å². The number of tetrazole rings is 1. The molecule has 1 unspecified atom stereocenters. The molecule has 3 rings (SSSR count). The summed E-state index contributed by atoms with van der Waals surface area (Å²) in [7, 11) is 0. The van der Waals surface area contributed by atoms with Crippen molar-refractivity contribution < 1.29 is 0 Å². The lowest BCUT2D eigenvalue weighted by Crippen LogP contribution is -2.45. The summed E-state index contributed by atoms with van der Waals surface area (Å²) >= 11 is 0. The van der Waals surface area contributed by atoms with Gasteiger partial charge in [-0.25, -0.2) is 0 Å².